The van der Waals surface area contributed by atoms with Gasteiger partial charge in [0.1, 0.15) is 15.7 Å². The average molecular weight is 333 g/mol. The van der Waals surface area contributed by atoms with Crippen LogP contribution in [-0.4, -0.2) is 15.9 Å². The molecule has 4 nitrogen and oxygen atoms in total. The van der Waals surface area contributed by atoms with Gasteiger partial charge in [0.05, 0.1) is 5.69 Å². The average Bonchev–Trinajstić information content (AvgIpc) is 3.05. The molecule has 3 aromatic rings. The SMILES string of the molecule is Cc1cnc(NC(=O)c2sc(-c3ccccc3F)nc2C)s1. The number of carbonyl (C=O) groups is 1. The molecule has 0 unspecified atom stereocenters. The summed E-state index contributed by atoms with van der Waals surface area (Å²) in [6, 6.07) is 6.40. The number of halogens is 1. The summed E-state index contributed by atoms with van der Waals surface area (Å²) in [6.45, 7) is 3.66. The molecule has 0 spiro atoms. The molecule has 0 saturated heterocycles. The van der Waals surface area contributed by atoms with Gasteiger partial charge in [0.2, 0.25) is 0 Å². The van der Waals surface area contributed by atoms with Crippen molar-refractivity contribution in [2.45, 2.75) is 13.8 Å². The third kappa shape index (κ3) is 2.90. The predicted octanol–water partition coefficient (Wildman–Crippen LogP) is 4.27. The van der Waals surface area contributed by atoms with E-state index in [0.29, 0.717) is 26.3 Å². The van der Waals surface area contributed by atoms with Crippen molar-refractivity contribution in [2.75, 3.05) is 5.32 Å². The second kappa shape index (κ2) is 5.94. The first-order valence-corrected chi connectivity index (χ1v) is 8.14. The quantitative estimate of drug-likeness (QED) is 0.778. The van der Waals surface area contributed by atoms with Crippen molar-refractivity contribution >= 4 is 33.7 Å². The van der Waals surface area contributed by atoms with Gasteiger partial charge in [-0.05, 0) is 26.0 Å². The highest BCUT2D eigenvalue weighted by atomic mass is 32.1. The number of benzene rings is 1. The summed E-state index contributed by atoms with van der Waals surface area (Å²) < 4.78 is 13.8. The summed E-state index contributed by atoms with van der Waals surface area (Å²) in [5.41, 5.74) is 0.980. The zero-order valence-electron chi connectivity index (χ0n) is 11.9. The van der Waals surface area contributed by atoms with E-state index >= 15 is 0 Å². The molecular formula is C15H12FN3OS2. The molecule has 3 rings (SSSR count). The van der Waals surface area contributed by atoms with Gasteiger partial charge in [-0.2, -0.15) is 0 Å². The Morgan fingerprint density at radius 3 is 2.68 bits per heavy atom. The van der Waals surface area contributed by atoms with E-state index in [9.17, 15) is 9.18 Å². The van der Waals surface area contributed by atoms with Gasteiger partial charge < -0.3 is 0 Å². The predicted molar refractivity (Wildman–Crippen MR) is 87.0 cm³/mol. The number of aryl methyl sites for hydroxylation is 2. The number of nitrogens with zero attached hydrogens (tertiary/aromatic N) is 2. The van der Waals surface area contributed by atoms with Crippen LogP contribution in [0.15, 0.2) is 30.5 Å². The number of amides is 1. The van der Waals surface area contributed by atoms with Gasteiger partial charge in [0.25, 0.3) is 5.91 Å². The molecule has 0 atom stereocenters. The van der Waals surface area contributed by atoms with Crippen molar-refractivity contribution in [1.82, 2.24) is 9.97 Å². The van der Waals surface area contributed by atoms with E-state index in [0.717, 1.165) is 4.88 Å². The van der Waals surface area contributed by atoms with E-state index in [1.165, 1.54) is 28.7 Å². The maximum Gasteiger partial charge on any atom is 0.269 e. The molecule has 0 saturated carbocycles. The van der Waals surface area contributed by atoms with Crippen LogP contribution in [0.5, 0.6) is 0 Å². The third-order valence-corrected chi connectivity index (χ3v) is 4.97. The fourth-order valence-electron chi connectivity index (χ4n) is 1.92. The molecule has 0 fully saturated rings. The molecule has 7 heteroatoms. The first kappa shape index (κ1) is 14.8. The third-order valence-electron chi connectivity index (χ3n) is 2.95. The second-order valence-electron chi connectivity index (χ2n) is 4.64. The summed E-state index contributed by atoms with van der Waals surface area (Å²) in [5, 5.41) is 3.78. The lowest BCUT2D eigenvalue weighted by Crippen LogP contribution is -2.11. The van der Waals surface area contributed by atoms with Gasteiger partial charge >= 0.3 is 0 Å². The van der Waals surface area contributed by atoms with E-state index in [-0.39, 0.29) is 11.7 Å². The number of anilines is 1. The van der Waals surface area contributed by atoms with E-state index < -0.39 is 0 Å². The normalized spacial score (nSPS) is 10.7. The molecule has 1 aromatic carbocycles. The van der Waals surface area contributed by atoms with Gasteiger partial charge in [-0.25, -0.2) is 14.4 Å². The number of thiazole rings is 2. The number of hydrogen-bond donors (Lipinski definition) is 1. The highest BCUT2D eigenvalue weighted by Gasteiger charge is 2.18. The number of nitrogens with one attached hydrogen (secondary N) is 1. The zero-order valence-corrected chi connectivity index (χ0v) is 13.5. The van der Waals surface area contributed by atoms with E-state index in [4.69, 9.17) is 0 Å². The van der Waals surface area contributed by atoms with E-state index in [1.807, 2.05) is 6.92 Å². The Kier molecular flexibility index (Phi) is 4.00. The lowest BCUT2D eigenvalue weighted by molar-refractivity contribution is 0.103. The molecule has 1 amide bonds. The lowest BCUT2D eigenvalue weighted by atomic mass is 10.2. The molecular weight excluding hydrogens is 321 g/mol. The van der Waals surface area contributed by atoms with E-state index in [2.05, 4.69) is 15.3 Å². The smallest absolute Gasteiger partial charge is 0.269 e. The minimum absolute atomic E-state index is 0.271. The fourth-order valence-corrected chi connectivity index (χ4v) is 3.57. The molecule has 112 valence electrons. The second-order valence-corrected chi connectivity index (χ2v) is 6.88. The first-order valence-electron chi connectivity index (χ1n) is 6.50. The molecule has 1 N–H and O–H groups in total. The molecule has 0 aliphatic rings. The van der Waals surface area contributed by atoms with Gasteiger partial charge in [-0.15, -0.1) is 22.7 Å². The van der Waals surface area contributed by atoms with Gasteiger partial charge in [0, 0.05) is 16.6 Å². The number of rotatable bonds is 3. The van der Waals surface area contributed by atoms with Crippen LogP contribution in [0.4, 0.5) is 9.52 Å². The zero-order chi connectivity index (χ0) is 15.7. The molecule has 0 aliphatic carbocycles. The highest BCUT2D eigenvalue weighted by molar-refractivity contribution is 7.17. The summed E-state index contributed by atoms with van der Waals surface area (Å²) >= 11 is 2.58. The van der Waals surface area contributed by atoms with Crippen LogP contribution in [0.25, 0.3) is 10.6 Å². The molecule has 2 aromatic heterocycles. The topological polar surface area (TPSA) is 54.9 Å². The highest BCUT2D eigenvalue weighted by Crippen LogP contribution is 2.30. The van der Waals surface area contributed by atoms with Crippen LogP contribution in [-0.2, 0) is 0 Å². The number of carbonyl (C=O) groups excluding carboxylic acids is 1. The molecule has 0 radical (unpaired) electrons. The Morgan fingerprint density at radius 1 is 1.23 bits per heavy atom. The van der Waals surface area contributed by atoms with Crippen molar-refractivity contribution in [3.63, 3.8) is 0 Å². The molecule has 2 heterocycles. The molecule has 0 aliphatic heterocycles. The van der Waals surface area contributed by atoms with Crippen LogP contribution in [0.2, 0.25) is 0 Å². The monoisotopic (exact) mass is 333 g/mol. The Balaban J connectivity index is 1.89. The van der Waals surface area contributed by atoms with Crippen molar-refractivity contribution < 1.29 is 9.18 Å². The molecule has 22 heavy (non-hydrogen) atoms. The standard InChI is InChI=1S/C15H12FN3OS2/c1-8-7-17-15(21-8)19-13(20)12-9(2)18-14(22-12)10-5-3-4-6-11(10)16/h3-7H,1-2H3,(H,17,19,20). The minimum Gasteiger partial charge on any atom is -0.297 e. The van der Waals surface area contributed by atoms with Crippen molar-refractivity contribution in [2.24, 2.45) is 0 Å². The number of aromatic nitrogens is 2. The Hall–Kier alpha value is -2.12. The molecule has 0 bridgehead atoms. The first-order chi connectivity index (χ1) is 10.5. The van der Waals surface area contributed by atoms with Crippen molar-refractivity contribution in [3.05, 3.63) is 51.7 Å². The Labute approximate surface area is 134 Å². The number of hydrogen-bond acceptors (Lipinski definition) is 5. The fraction of sp³-hybridized carbons (Fsp3) is 0.133. The minimum atomic E-state index is -0.348. The van der Waals surface area contributed by atoms with Crippen LogP contribution in [0.3, 0.4) is 0 Å². The van der Waals surface area contributed by atoms with Crippen LogP contribution >= 0.6 is 22.7 Å². The lowest BCUT2D eigenvalue weighted by Gasteiger charge is -1.99. The van der Waals surface area contributed by atoms with Crippen molar-refractivity contribution in [1.29, 1.82) is 0 Å². The summed E-state index contributed by atoms with van der Waals surface area (Å²) in [6.07, 6.45) is 1.70. The van der Waals surface area contributed by atoms with Gasteiger partial charge in [-0.3, -0.25) is 10.1 Å². The van der Waals surface area contributed by atoms with Crippen LogP contribution < -0.4 is 5.32 Å². The summed E-state index contributed by atoms with van der Waals surface area (Å²) in [7, 11) is 0. The van der Waals surface area contributed by atoms with Gasteiger partial charge in [-0.1, -0.05) is 12.1 Å². The van der Waals surface area contributed by atoms with Crippen molar-refractivity contribution in [3.8, 4) is 10.6 Å². The largest absolute Gasteiger partial charge is 0.297 e. The van der Waals surface area contributed by atoms with Crippen LogP contribution in [0, 0.1) is 19.7 Å². The summed E-state index contributed by atoms with van der Waals surface area (Å²) in [4.78, 5) is 22.2. The Bertz CT molecular complexity index is 841. The summed E-state index contributed by atoms with van der Waals surface area (Å²) in [5.74, 6) is -0.620. The van der Waals surface area contributed by atoms with Gasteiger partial charge in [0.15, 0.2) is 5.13 Å². The van der Waals surface area contributed by atoms with E-state index in [1.54, 1.807) is 31.3 Å². The maximum atomic E-state index is 13.8. The van der Waals surface area contributed by atoms with Crippen LogP contribution in [0.1, 0.15) is 20.2 Å². The maximum absolute atomic E-state index is 13.8. The Morgan fingerprint density at radius 2 is 2.00 bits per heavy atom.